The lowest BCUT2D eigenvalue weighted by molar-refractivity contribution is -0.136. The second-order valence-electron chi connectivity index (χ2n) is 6.83. The van der Waals surface area contributed by atoms with E-state index in [1.54, 1.807) is 0 Å². The van der Waals surface area contributed by atoms with Crippen molar-refractivity contribution < 1.29 is 18.0 Å². The average Bonchev–Trinajstić information content (AvgIpc) is 3.21. The summed E-state index contributed by atoms with van der Waals surface area (Å²) in [6.45, 7) is 1.92. The number of rotatable bonds is 4. The number of likely N-dealkylation sites (N-methyl/N-ethyl adjacent to an activating group) is 1. The molecule has 9 heteroatoms. The zero-order valence-electron chi connectivity index (χ0n) is 15.3. The van der Waals surface area contributed by atoms with Crippen LogP contribution in [0.4, 0.5) is 13.2 Å². The summed E-state index contributed by atoms with van der Waals surface area (Å²) < 4.78 is 43.4. The van der Waals surface area contributed by atoms with Crippen molar-refractivity contribution in [2.24, 2.45) is 0 Å². The maximum absolute atomic E-state index is 16.3. The minimum Gasteiger partial charge on any atom is -0.335 e. The van der Waals surface area contributed by atoms with Gasteiger partial charge in [-0.2, -0.15) is 5.26 Å². The maximum Gasteiger partial charge on any atom is 0.270 e. The van der Waals surface area contributed by atoms with E-state index >= 15 is 4.39 Å². The van der Waals surface area contributed by atoms with Gasteiger partial charge in [0.25, 0.3) is 11.8 Å². The van der Waals surface area contributed by atoms with Crippen LogP contribution in [0.3, 0.4) is 0 Å². The van der Waals surface area contributed by atoms with Gasteiger partial charge in [-0.3, -0.25) is 15.1 Å². The molecule has 1 amide bonds. The number of halogens is 3. The van der Waals surface area contributed by atoms with Gasteiger partial charge >= 0.3 is 0 Å². The van der Waals surface area contributed by atoms with Gasteiger partial charge in [-0.15, -0.1) is 11.3 Å². The van der Waals surface area contributed by atoms with Crippen LogP contribution >= 0.6 is 11.3 Å². The molecule has 2 aromatic rings. The molecule has 0 radical (unpaired) electrons. The molecule has 2 unspecified atom stereocenters. The van der Waals surface area contributed by atoms with Crippen molar-refractivity contribution in [1.82, 2.24) is 10.2 Å². The van der Waals surface area contributed by atoms with E-state index < -0.39 is 23.0 Å². The van der Waals surface area contributed by atoms with Gasteiger partial charge in [0.05, 0.1) is 0 Å². The van der Waals surface area contributed by atoms with Crippen LogP contribution in [0.5, 0.6) is 0 Å². The van der Waals surface area contributed by atoms with Crippen molar-refractivity contribution in [3.8, 4) is 6.07 Å². The molecule has 146 valence electrons. The molecule has 1 aromatic carbocycles. The lowest BCUT2D eigenvalue weighted by Crippen LogP contribution is -2.56. The van der Waals surface area contributed by atoms with Gasteiger partial charge in [0.1, 0.15) is 10.9 Å². The van der Waals surface area contributed by atoms with Gasteiger partial charge in [0.15, 0.2) is 17.2 Å². The Morgan fingerprint density at radius 3 is 2.21 bits per heavy atom. The first kappa shape index (κ1) is 19.9. The molecule has 2 atom stereocenters. The van der Waals surface area contributed by atoms with E-state index in [1.165, 1.54) is 38.2 Å². The zero-order chi connectivity index (χ0) is 20.9. The highest BCUT2D eigenvalue weighted by Crippen LogP contribution is 2.49. The molecule has 0 saturated carbocycles. The predicted octanol–water partition coefficient (Wildman–Crippen LogP) is 3.81. The van der Waals surface area contributed by atoms with Crippen molar-refractivity contribution in [2.75, 3.05) is 7.05 Å². The third-order valence-electron chi connectivity index (χ3n) is 4.97. The zero-order valence-corrected chi connectivity index (χ0v) is 16.1. The Hall–Kier alpha value is -2.86. The number of guanidine groups is 1. The van der Waals surface area contributed by atoms with Gasteiger partial charge < -0.3 is 5.32 Å². The molecular formula is C19H17F3N4OS. The maximum atomic E-state index is 16.3. The number of thiophene rings is 1. The second-order valence-corrected chi connectivity index (χ2v) is 7.92. The van der Waals surface area contributed by atoms with Crippen molar-refractivity contribution >= 4 is 23.2 Å². The van der Waals surface area contributed by atoms with E-state index in [2.05, 4.69) is 5.32 Å². The Balaban J connectivity index is 2.21. The highest BCUT2D eigenvalue weighted by molar-refractivity contribution is 7.12. The summed E-state index contributed by atoms with van der Waals surface area (Å²) in [5, 5.41) is 19.7. The summed E-state index contributed by atoms with van der Waals surface area (Å²) in [4.78, 5) is 14.4. The van der Waals surface area contributed by atoms with Crippen LogP contribution in [0, 0.1) is 16.7 Å². The molecule has 1 aliphatic rings. The molecule has 28 heavy (non-hydrogen) atoms. The van der Waals surface area contributed by atoms with Crippen LogP contribution in [-0.4, -0.2) is 23.8 Å². The summed E-state index contributed by atoms with van der Waals surface area (Å²) in [5.41, 5.74) is -4.56. The molecule has 3 rings (SSSR count). The first-order valence-electron chi connectivity index (χ1n) is 8.28. The number of carbonyl (C=O) groups is 1. The number of nitrogens with zero attached hydrogens (tertiary/aromatic N) is 2. The van der Waals surface area contributed by atoms with Crippen molar-refractivity contribution in [3.05, 3.63) is 57.3 Å². The molecule has 1 saturated heterocycles. The summed E-state index contributed by atoms with van der Waals surface area (Å²) >= 11 is 0.894. The smallest absolute Gasteiger partial charge is 0.270 e. The molecular weight excluding hydrogens is 389 g/mol. The van der Waals surface area contributed by atoms with Gasteiger partial charge in [-0.25, -0.2) is 13.2 Å². The minimum absolute atomic E-state index is 0.108. The molecule has 5 nitrogen and oxygen atoms in total. The molecule has 1 fully saturated rings. The molecule has 0 spiro atoms. The average molecular weight is 406 g/mol. The topological polar surface area (TPSA) is 80.0 Å². The van der Waals surface area contributed by atoms with Gasteiger partial charge in [0.2, 0.25) is 0 Å². The van der Waals surface area contributed by atoms with Crippen LogP contribution < -0.4 is 5.32 Å². The number of hydrogen-bond acceptors (Lipinski definition) is 4. The second kappa shape index (κ2) is 6.34. The van der Waals surface area contributed by atoms with Crippen LogP contribution in [0.25, 0.3) is 0 Å². The van der Waals surface area contributed by atoms with Crippen LogP contribution in [0.15, 0.2) is 36.4 Å². The van der Waals surface area contributed by atoms with E-state index in [0.29, 0.717) is 0 Å². The number of hydrogen-bond donors (Lipinski definition) is 2. The van der Waals surface area contributed by atoms with Crippen molar-refractivity contribution in [2.45, 2.75) is 31.0 Å². The molecule has 1 aliphatic heterocycles. The summed E-state index contributed by atoms with van der Waals surface area (Å²) in [6.07, 6.45) is 0. The standard InChI is InChI=1S/C19H17F3N4OS/c1-17(20,14-9-8-13(10-23)28-14)19(15(27)26(3)16(24)25-19)12-6-4-11(5-7-12)18(2,21)22/h4-9H,1-3H3,(H2,24,25). The quantitative estimate of drug-likeness (QED) is 0.810. The van der Waals surface area contributed by atoms with Crippen LogP contribution in [0.1, 0.15) is 34.7 Å². The first-order chi connectivity index (χ1) is 12.9. The molecule has 2 N–H and O–H groups in total. The molecule has 0 aliphatic carbocycles. The third-order valence-corrected chi connectivity index (χ3v) is 6.16. The van der Waals surface area contributed by atoms with E-state index in [-0.39, 0.29) is 26.8 Å². The van der Waals surface area contributed by atoms with E-state index in [1.807, 2.05) is 6.07 Å². The Labute approximate surface area is 163 Å². The first-order valence-corrected chi connectivity index (χ1v) is 9.10. The minimum atomic E-state index is -3.09. The number of alkyl halides is 3. The number of benzene rings is 1. The van der Waals surface area contributed by atoms with Gasteiger partial charge in [-0.05, 0) is 24.6 Å². The number of carbonyl (C=O) groups excluding carboxylic acids is 1. The Morgan fingerprint density at radius 1 is 1.18 bits per heavy atom. The predicted molar refractivity (Wildman–Crippen MR) is 98.8 cm³/mol. The lowest BCUT2D eigenvalue weighted by Gasteiger charge is -2.38. The van der Waals surface area contributed by atoms with Gasteiger partial charge in [-0.1, -0.05) is 24.3 Å². The van der Waals surface area contributed by atoms with Crippen LogP contribution in [0.2, 0.25) is 0 Å². The summed E-state index contributed by atoms with van der Waals surface area (Å²) in [5.74, 6) is -4.13. The molecule has 1 aromatic heterocycles. The monoisotopic (exact) mass is 406 g/mol. The largest absolute Gasteiger partial charge is 0.335 e. The van der Waals surface area contributed by atoms with Crippen molar-refractivity contribution in [1.29, 1.82) is 10.7 Å². The van der Waals surface area contributed by atoms with Gasteiger partial charge in [0, 0.05) is 24.4 Å². The Bertz CT molecular complexity index is 988. The fourth-order valence-corrected chi connectivity index (χ4v) is 4.20. The third kappa shape index (κ3) is 2.76. The normalized spacial score (nSPS) is 22.0. The summed E-state index contributed by atoms with van der Waals surface area (Å²) in [7, 11) is 1.33. The fraction of sp³-hybridized carbons (Fsp3) is 0.316. The highest BCUT2D eigenvalue weighted by atomic mass is 32.1. The molecule has 2 heterocycles. The lowest BCUT2D eigenvalue weighted by atomic mass is 9.75. The Morgan fingerprint density at radius 2 is 1.79 bits per heavy atom. The van der Waals surface area contributed by atoms with Crippen molar-refractivity contribution in [3.63, 3.8) is 0 Å². The summed E-state index contributed by atoms with van der Waals surface area (Å²) in [6, 6.07) is 9.59. The fourth-order valence-electron chi connectivity index (χ4n) is 3.30. The number of nitriles is 1. The SMILES string of the molecule is CN1C(=N)NC(c2ccc(C(C)(F)F)cc2)(C(C)(F)c2ccc(C#N)s2)C1=O. The molecule has 0 bridgehead atoms. The van der Waals surface area contributed by atoms with Crippen LogP contribution in [-0.2, 0) is 21.9 Å². The Kier molecular flexibility index (Phi) is 4.51. The van der Waals surface area contributed by atoms with E-state index in [9.17, 15) is 13.6 Å². The van der Waals surface area contributed by atoms with E-state index in [0.717, 1.165) is 35.3 Å². The number of nitrogens with one attached hydrogen (secondary N) is 2. The highest BCUT2D eigenvalue weighted by Gasteiger charge is 2.63. The van der Waals surface area contributed by atoms with E-state index in [4.69, 9.17) is 10.7 Å². The number of amides is 1.